The van der Waals surface area contributed by atoms with Gasteiger partial charge in [0.1, 0.15) is 6.54 Å². The zero-order chi connectivity index (χ0) is 7.33. The van der Waals surface area contributed by atoms with Gasteiger partial charge in [-0.25, -0.2) is 8.78 Å². The Balaban J connectivity index is -0.000000320. The average Bonchev–Trinajstić information content (AvgIpc) is 1.84. The van der Waals surface area contributed by atoms with Crippen LogP contribution in [0.25, 0.3) is 0 Å². The number of hydrogen-bond donors (Lipinski definition) is 2. The first-order chi connectivity index (χ1) is 4.12. The Hall–Kier alpha value is 0.360. The maximum absolute atomic E-state index is 12.2. The molecule has 6 heteroatoms. The normalized spacial score (nSPS) is 9.82. The second-order valence-electron chi connectivity index (χ2n) is 2.06. The zero-order valence-electron chi connectivity index (χ0n) is 6.25. The molecule has 0 amide bonds. The Morgan fingerprint density at radius 1 is 1.09 bits per heavy atom. The topological polar surface area (TPSA) is 55.3 Å². The summed E-state index contributed by atoms with van der Waals surface area (Å²) in [6.07, 6.45) is 0.419. The van der Waals surface area contributed by atoms with Crippen molar-refractivity contribution in [1.29, 1.82) is 0 Å². The first-order valence-electron chi connectivity index (χ1n) is 3.09. The van der Waals surface area contributed by atoms with Gasteiger partial charge in [-0.1, -0.05) is 0 Å². The van der Waals surface area contributed by atoms with Gasteiger partial charge in [-0.3, -0.25) is 0 Å². The van der Waals surface area contributed by atoms with Crippen molar-refractivity contribution in [2.75, 3.05) is 13.1 Å². The van der Waals surface area contributed by atoms with Crippen LogP contribution in [-0.2, 0) is 0 Å². The predicted octanol–water partition coefficient (Wildman–Crippen LogP) is -7.11. The minimum atomic E-state index is -2.56. The van der Waals surface area contributed by atoms with Crippen LogP contribution in [0.4, 0.5) is 8.78 Å². The lowest BCUT2D eigenvalue weighted by molar-refractivity contribution is -0.410. The van der Waals surface area contributed by atoms with E-state index in [1.165, 1.54) is 0 Å². The fourth-order valence-electron chi connectivity index (χ4n) is 0.509. The van der Waals surface area contributed by atoms with E-state index < -0.39 is 5.92 Å². The van der Waals surface area contributed by atoms with Crippen LogP contribution in [-0.4, -0.2) is 19.0 Å². The van der Waals surface area contributed by atoms with Gasteiger partial charge >= 0.3 is 0 Å². The van der Waals surface area contributed by atoms with Gasteiger partial charge in [-0.2, -0.15) is 0 Å². The highest BCUT2D eigenvalue weighted by Gasteiger charge is 2.28. The van der Waals surface area contributed by atoms with Gasteiger partial charge in [0, 0.05) is 12.8 Å². The molecule has 0 saturated carbocycles. The third-order valence-corrected chi connectivity index (χ3v) is 1.16. The molecule has 0 heterocycles. The van der Waals surface area contributed by atoms with Crippen LogP contribution in [0.1, 0.15) is 12.8 Å². The third-order valence-electron chi connectivity index (χ3n) is 1.16. The van der Waals surface area contributed by atoms with Crippen molar-refractivity contribution in [1.82, 2.24) is 0 Å². The van der Waals surface area contributed by atoms with Crippen LogP contribution in [0.15, 0.2) is 0 Å². The van der Waals surface area contributed by atoms with E-state index >= 15 is 0 Å². The Labute approximate surface area is 77.5 Å². The molecule has 72 valence electrons. The number of halogens is 4. The summed E-state index contributed by atoms with van der Waals surface area (Å²) in [4.78, 5) is 0. The first kappa shape index (κ1) is 17.4. The Morgan fingerprint density at radius 3 is 1.82 bits per heavy atom. The van der Waals surface area contributed by atoms with Crippen LogP contribution in [0.5, 0.6) is 0 Å². The summed E-state index contributed by atoms with van der Waals surface area (Å²) in [6, 6.07) is 0. The molecule has 2 nitrogen and oxygen atoms in total. The predicted molar refractivity (Wildman–Crippen MR) is 29.7 cm³/mol. The van der Waals surface area contributed by atoms with Crippen LogP contribution in [0.3, 0.4) is 0 Å². The standard InChI is InChI=1S/C5H12F2N2.2ClH/c6-5(7,4-9)2-1-3-8;;/h1-4,8-9H2;2*1H. The van der Waals surface area contributed by atoms with E-state index in [-0.39, 0.29) is 37.8 Å². The fourth-order valence-corrected chi connectivity index (χ4v) is 0.509. The van der Waals surface area contributed by atoms with Gasteiger partial charge in [-0.05, 0) is 0 Å². The SMILES string of the molecule is [Cl-].[Cl-].[NH3+]CCCC(F)(F)C[NH3+]. The lowest BCUT2D eigenvalue weighted by atomic mass is 10.2. The van der Waals surface area contributed by atoms with Crippen molar-refractivity contribution in [3.63, 3.8) is 0 Å². The first-order valence-corrected chi connectivity index (χ1v) is 3.09. The minimum absolute atomic E-state index is 0. The lowest BCUT2D eigenvalue weighted by Crippen LogP contribution is -3.00. The third kappa shape index (κ3) is 10.4. The maximum atomic E-state index is 12.2. The summed E-state index contributed by atoms with van der Waals surface area (Å²) in [7, 11) is 0. The molecule has 0 fully saturated rings. The minimum Gasteiger partial charge on any atom is -1.00 e. The summed E-state index contributed by atoms with van der Waals surface area (Å²) in [5.41, 5.74) is 6.61. The second kappa shape index (κ2) is 8.46. The summed E-state index contributed by atoms with van der Waals surface area (Å²) in [5, 5.41) is 0. The molecule has 0 aliphatic rings. The number of rotatable bonds is 4. The van der Waals surface area contributed by atoms with Crippen molar-refractivity contribution >= 4 is 0 Å². The molecule has 0 unspecified atom stereocenters. The van der Waals surface area contributed by atoms with E-state index in [1.807, 2.05) is 0 Å². The van der Waals surface area contributed by atoms with Crippen molar-refractivity contribution in [3.8, 4) is 0 Å². The van der Waals surface area contributed by atoms with Gasteiger partial charge in [0.2, 0.25) is 0 Å². The molecule has 0 spiro atoms. The van der Waals surface area contributed by atoms with E-state index in [9.17, 15) is 8.78 Å². The highest BCUT2D eigenvalue weighted by Crippen LogP contribution is 2.16. The van der Waals surface area contributed by atoms with Crippen molar-refractivity contribution in [2.24, 2.45) is 0 Å². The Morgan fingerprint density at radius 2 is 1.55 bits per heavy atom. The number of hydrogen-bond acceptors (Lipinski definition) is 0. The van der Waals surface area contributed by atoms with Gasteiger partial charge in [-0.15, -0.1) is 0 Å². The van der Waals surface area contributed by atoms with Gasteiger partial charge < -0.3 is 36.3 Å². The molecule has 0 rings (SSSR count). The van der Waals surface area contributed by atoms with Crippen molar-refractivity contribution in [3.05, 3.63) is 0 Å². The summed E-state index contributed by atoms with van der Waals surface area (Å²) in [6.45, 7) is 0.280. The smallest absolute Gasteiger partial charge is 0.295 e. The van der Waals surface area contributed by atoms with Crippen LogP contribution in [0.2, 0.25) is 0 Å². The quantitative estimate of drug-likeness (QED) is 0.464. The van der Waals surface area contributed by atoms with Crippen LogP contribution >= 0.6 is 0 Å². The Bertz CT molecular complexity index is 82.9. The molecule has 6 N–H and O–H groups in total. The monoisotopic (exact) mass is 210 g/mol. The van der Waals surface area contributed by atoms with E-state index in [1.54, 1.807) is 0 Å². The largest absolute Gasteiger partial charge is 1.00 e. The Kier molecular flexibility index (Phi) is 13.4. The zero-order valence-corrected chi connectivity index (χ0v) is 7.77. The average molecular weight is 211 g/mol. The number of alkyl halides is 2. The van der Waals surface area contributed by atoms with Crippen molar-refractivity contribution < 1.29 is 45.1 Å². The van der Waals surface area contributed by atoms with E-state index in [0.29, 0.717) is 13.0 Å². The molecule has 0 saturated heterocycles. The summed E-state index contributed by atoms with van der Waals surface area (Å²) < 4.78 is 24.5. The molecule has 0 aromatic carbocycles. The van der Waals surface area contributed by atoms with Gasteiger partial charge in [0.25, 0.3) is 5.92 Å². The molecule has 0 aromatic rings. The van der Waals surface area contributed by atoms with Gasteiger partial charge in [0.05, 0.1) is 6.54 Å². The molecule has 0 bridgehead atoms. The van der Waals surface area contributed by atoms with E-state index in [2.05, 4.69) is 11.5 Å². The molecule has 0 aliphatic heterocycles. The maximum Gasteiger partial charge on any atom is 0.295 e. The summed E-state index contributed by atoms with van der Waals surface area (Å²) >= 11 is 0. The molecule has 11 heavy (non-hydrogen) atoms. The van der Waals surface area contributed by atoms with Crippen LogP contribution in [0, 0.1) is 0 Å². The van der Waals surface area contributed by atoms with E-state index in [4.69, 9.17) is 0 Å². The molecule has 0 atom stereocenters. The summed E-state index contributed by atoms with van der Waals surface area (Å²) in [5.74, 6) is -2.56. The lowest BCUT2D eigenvalue weighted by Gasteiger charge is -2.08. The van der Waals surface area contributed by atoms with Crippen LogP contribution < -0.4 is 36.3 Å². The van der Waals surface area contributed by atoms with E-state index in [0.717, 1.165) is 0 Å². The second-order valence-corrected chi connectivity index (χ2v) is 2.06. The highest BCUT2D eigenvalue weighted by atomic mass is 35.5. The van der Waals surface area contributed by atoms with Gasteiger partial charge in [0.15, 0.2) is 0 Å². The molecule has 0 aromatic heterocycles. The molecular formula is C5H14Cl2F2N2. The molecular weight excluding hydrogens is 197 g/mol. The molecule has 0 aliphatic carbocycles. The molecule has 0 radical (unpaired) electrons. The number of quaternary nitrogens is 2. The van der Waals surface area contributed by atoms with Crippen molar-refractivity contribution in [2.45, 2.75) is 18.8 Å². The fraction of sp³-hybridized carbons (Fsp3) is 1.00. The highest BCUT2D eigenvalue weighted by molar-refractivity contribution is 4.61.